The second kappa shape index (κ2) is 6.23. The molecule has 0 aliphatic heterocycles. The summed E-state index contributed by atoms with van der Waals surface area (Å²) in [4.78, 5) is 0. The summed E-state index contributed by atoms with van der Waals surface area (Å²) in [6, 6.07) is 8.81. The van der Waals surface area contributed by atoms with Gasteiger partial charge in [-0.25, -0.2) is 0 Å². The third kappa shape index (κ3) is 3.10. The molecule has 0 radical (unpaired) electrons. The summed E-state index contributed by atoms with van der Waals surface area (Å²) in [7, 11) is 0. The lowest BCUT2D eigenvalue weighted by Gasteiger charge is -2.16. The van der Waals surface area contributed by atoms with Crippen LogP contribution in [-0.2, 0) is 6.42 Å². The van der Waals surface area contributed by atoms with Crippen molar-refractivity contribution in [2.24, 2.45) is 5.73 Å². The first-order valence-electron chi connectivity index (χ1n) is 7.24. The molecular weight excluding hydrogens is 248 g/mol. The normalized spacial score (nSPS) is 12.9. The van der Waals surface area contributed by atoms with Crippen molar-refractivity contribution in [3.63, 3.8) is 0 Å². The van der Waals surface area contributed by atoms with Crippen LogP contribution in [0, 0.1) is 13.8 Å². The Labute approximate surface area is 121 Å². The molecule has 1 heterocycles. The third-order valence-corrected chi connectivity index (χ3v) is 3.99. The molecule has 3 heteroatoms. The molecule has 20 heavy (non-hydrogen) atoms. The highest BCUT2D eigenvalue weighted by molar-refractivity contribution is 5.30. The monoisotopic (exact) mass is 272 g/mol. The van der Waals surface area contributed by atoms with Gasteiger partial charge in [0.05, 0.1) is 5.69 Å². The second-order valence-electron chi connectivity index (χ2n) is 5.76. The van der Waals surface area contributed by atoms with Crippen molar-refractivity contribution in [2.75, 3.05) is 6.54 Å². The van der Waals surface area contributed by atoms with Gasteiger partial charge in [-0.1, -0.05) is 43.3 Å². The summed E-state index contributed by atoms with van der Waals surface area (Å²) >= 11 is 0. The molecule has 0 aliphatic carbocycles. The van der Waals surface area contributed by atoms with Gasteiger partial charge in [0.15, 0.2) is 0 Å². The lowest BCUT2D eigenvalue weighted by atomic mass is 9.90. The first kappa shape index (κ1) is 14.8. The smallest absolute Gasteiger partial charge is 0.137 e. The third-order valence-electron chi connectivity index (χ3n) is 3.99. The van der Waals surface area contributed by atoms with Gasteiger partial charge in [-0.3, -0.25) is 0 Å². The summed E-state index contributed by atoms with van der Waals surface area (Å²) in [6.45, 7) is 9.00. The van der Waals surface area contributed by atoms with Crippen LogP contribution in [0.25, 0.3) is 0 Å². The van der Waals surface area contributed by atoms with Gasteiger partial charge in [-0.15, -0.1) is 0 Å². The first-order chi connectivity index (χ1) is 9.52. The largest absolute Gasteiger partial charge is 0.361 e. The van der Waals surface area contributed by atoms with Gasteiger partial charge in [-0.2, -0.15) is 0 Å². The number of nitrogens with zero attached hydrogens (tertiary/aromatic N) is 1. The Morgan fingerprint density at radius 3 is 2.15 bits per heavy atom. The highest BCUT2D eigenvalue weighted by Gasteiger charge is 2.17. The van der Waals surface area contributed by atoms with Crippen LogP contribution in [-0.4, -0.2) is 11.7 Å². The predicted octanol–water partition coefficient (Wildman–Crippen LogP) is 3.70. The molecule has 0 amide bonds. The molecule has 0 aliphatic rings. The molecule has 3 nitrogen and oxygen atoms in total. The summed E-state index contributed by atoms with van der Waals surface area (Å²) in [6.07, 6.45) is 0.888. The average molecular weight is 272 g/mol. The number of rotatable bonds is 5. The Bertz CT molecular complexity index is 535. The molecule has 1 unspecified atom stereocenters. The SMILES string of the molecule is Cc1noc(C)c1CC(CN)c1ccc(C(C)C)cc1. The van der Waals surface area contributed by atoms with Crippen LogP contribution in [0.4, 0.5) is 0 Å². The van der Waals surface area contributed by atoms with E-state index >= 15 is 0 Å². The van der Waals surface area contributed by atoms with Crippen molar-refractivity contribution in [1.29, 1.82) is 0 Å². The maximum absolute atomic E-state index is 5.97. The number of hydrogen-bond donors (Lipinski definition) is 1. The maximum Gasteiger partial charge on any atom is 0.137 e. The van der Waals surface area contributed by atoms with Crippen molar-refractivity contribution in [1.82, 2.24) is 5.16 Å². The van der Waals surface area contributed by atoms with Crippen molar-refractivity contribution in [2.45, 2.75) is 46.0 Å². The van der Waals surface area contributed by atoms with Crippen molar-refractivity contribution < 1.29 is 4.52 Å². The van der Waals surface area contributed by atoms with Crippen LogP contribution >= 0.6 is 0 Å². The minimum Gasteiger partial charge on any atom is -0.361 e. The molecule has 108 valence electrons. The van der Waals surface area contributed by atoms with E-state index < -0.39 is 0 Å². The van der Waals surface area contributed by atoms with E-state index in [4.69, 9.17) is 10.3 Å². The molecular formula is C17H24N2O. The summed E-state index contributed by atoms with van der Waals surface area (Å²) < 4.78 is 5.24. The van der Waals surface area contributed by atoms with Crippen LogP contribution in [0.2, 0.25) is 0 Å². The number of aryl methyl sites for hydroxylation is 2. The van der Waals surface area contributed by atoms with E-state index in [-0.39, 0.29) is 0 Å². The quantitative estimate of drug-likeness (QED) is 0.903. The standard InChI is InChI=1S/C17H24N2O/c1-11(2)14-5-7-15(8-6-14)16(10-18)9-17-12(3)19-20-13(17)4/h5-8,11,16H,9-10,18H2,1-4H3. The molecule has 1 atom stereocenters. The lowest BCUT2D eigenvalue weighted by molar-refractivity contribution is 0.392. The Balaban J connectivity index is 2.20. The highest BCUT2D eigenvalue weighted by Crippen LogP contribution is 2.25. The summed E-state index contributed by atoms with van der Waals surface area (Å²) in [5.74, 6) is 1.77. The number of hydrogen-bond acceptors (Lipinski definition) is 3. The highest BCUT2D eigenvalue weighted by atomic mass is 16.5. The van der Waals surface area contributed by atoms with E-state index in [0.717, 1.165) is 17.9 Å². The van der Waals surface area contributed by atoms with E-state index in [1.807, 2.05) is 13.8 Å². The second-order valence-corrected chi connectivity index (χ2v) is 5.76. The zero-order valence-electron chi connectivity index (χ0n) is 12.8. The number of nitrogens with two attached hydrogens (primary N) is 1. The lowest BCUT2D eigenvalue weighted by Crippen LogP contribution is -2.15. The van der Waals surface area contributed by atoms with Gasteiger partial charge in [0.25, 0.3) is 0 Å². The zero-order chi connectivity index (χ0) is 14.7. The Morgan fingerprint density at radius 1 is 1.10 bits per heavy atom. The Kier molecular flexibility index (Phi) is 4.61. The van der Waals surface area contributed by atoms with Crippen LogP contribution in [0.3, 0.4) is 0 Å². The molecule has 0 spiro atoms. The van der Waals surface area contributed by atoms with Gasteiger partial charge < -0.3 is 10.3 Å². The van der Waals surface area contributed by atoms with Crippen molar-refractivity contribution in [3.8, 4) is 0 Å². The van der Waals surface area contributed by atoms with Gasteiger partial charge in [-0.05, 0) is 43.9 Å². The van der Waals surface area contributed by atoms with Crippen LogP contribution < -0.4 is 5.73 Å². The van der Waals surface area contributed by atoms with Gasteiger partial charge in [0.1, 0.15) is 5.76 Å². The molecule has 0 bridgehead atoms. The molecule has 2 aromatic rings. The molecule has 1 aromatic heterocycles. The van der Waals surface area contributed by atoms with E-state index in [1.165, 1.54) is 16.7 Å². The predicted molar refractivity (Wildman–Crippen MR) is 82.0 cm³/mol. The van der Waals surface area contributed by atoms with E-state index in [2.05, 4.69) is 43.3 Å². The van der Waals surface area contributed by atoms with Crippen LogP contribution in [0.5, 0.6) is 0 Å². The summed E-state index contributed by atoms with van der Waals surface area (Å²) in [5, 5.41) is 4.02. The topological polar surface area (TPSA) is 52.0 Å². The first-order valence-corrected chi connectivity index (χ1v) is 7.24. The van der Waals surface area contributed by atoms with Crippen molar-refractivity contribution >= 4 is 0 Å². The van der Waals surface area contributed by atoms with E-state index in [0.29, 0.717) is 18.4 Å². The molecule has 2 rings (SSSR count). The average Bonchev–Trinajstić information content (AvgIpc) is 2.76. The maximum atomic E-state index is 5.97. The molecule has 0 saturated carbocycles. The summed E-state index contributed by atoms with van der Waals surface area (Å²) in [5.41, 5.74) is 10.8. The van der Waals surface area contributed by atoms with E-state index in [1.54, 1.807) is 0 Å². The molecule has 2 N–H and O–H groups in total. The molecule has 1 aromatic carbocycles. The number of aromatic nitrogens is 1. The minimum absolute atomic E-state index is 0.313. The van der Waals surface area contributed by atoms with Gasteiger partial charge >= 0.3 is 0 Å². The number of benzene rings is 1. The fourth-order valence-electron chi connectivity index (χ4n) is 2.53. The fraction of sp³-hybridized carbons (Fsp3) is 0.471. The molecule has 0 fully saturated rings. The zero-order valence-corrected chi connectivity index (χ0v) is 12.8. The van der Waals surface area contributed by atoms with Crippen molar-refractivity contribution in [3.05, 3.63) is 52.4 Å². The minimum atomic E-state index is 0.313. The van der Waals surface area contributed by atoms with Crippen LogP contribution in [0.15, 0.2) is 28.8 Å². The van der Waals surface area contributed by atoms with E-state index in [9.17, 15) is 0 Å². The fourth-order valence-corrected chi connectivity index (χ4v) is 2.53. The Morgan fingerprint density at radius 2 is 1.70 bits per heavy atom. The molecule has 0 saturated heterocycles. The van der Waals surface area contributed by atoms with Crippen LogP contribution in [0.1, 0.15) is 53.8 Å². The van der Waals surface area contributed by atoms with Gasteiger partial charge in [0, 0.05) is 11.5 Å². The van der Waals surface area contributed by atoms with Gasteiger partial charge in [0.2, 0.25) is 0 Å². The Hall–Kier alpha value is -1.61.